The average molecular weight is 244 g/mol. The number of hydrogen-bond acceptors (Lipinski definition) is 2. The Hall–Kier alpha value is -0.570. The maximum atomic E-state index is 10.1. The van der Waals surface area contributed by atoms with E-state index in [2.05, 4.69) is 0 Å². The number of aliphatic hydroxyl groups is 1. The van der Waals surface area contributed by atoms with Gasteiger partial charge in [-0.3, -0.25) is 0 Å². The summed E-state index contributed by atoms with van der Waals surface area (Å²) in [5, 5.41) is 10.1. The van der Waals surface area contributed by atoms with Gasteiger partial charge in [-0.15, -0.1) is 12.4 Å². The van der Waals surface area contributed by atoms with Crippen molar-refractivity contribution >= 4 is 12.4 Å². The normalized spacial score (nSPS) is 15.1. The fourth-order valence-electron chi connectivity index (χ4n) is 1.60. The highest BCUT2D eigenvalue weighted by Crippen LogP contribution is 2.28. The molecule has 1 aromatic rings. The Balaban J connectivity index is 0.00000225. The second-order valence-corrected chi connectivity index (χ2v) is 5.25. The highest BCUT2D eigenvalue weighted by atomic mass is 35.5. The monoisotopic (exact) mass is 243 g/mol. The van der Waals surface area contributed by atoms with Gasteiger partial charge < -0.3 is 10.8 Å². The lowest BCUT2D eigenvalue weighted by molar-refractivity contribution is 0.0401. The molecule has 1 aromatic carbocycles. The molecule has 0 saturated heterocycles. The van der Waals surface area contributed by atoms with Crippen LogP contribution in [-0.2, 0) is 0 Å². The van der Waals surface area contributed by atoms with Gasteiger partial charge in [0, 0.05) is 0 Å². The van der Waals surface area contributed by atoms with Gasteiger partial charge in [-0.2, -0.15) is 0 Å². The van der Waals surface area contributed by atoms with Crippen LogP contribution in [0.4, 0.5) is 0 Å². The van der Waals surface area contributed by atoms with Crippen molar-refractivity contribution < 1.29 is 5.11 Å². The first kappa shape index (κ1) is 15.4. The molecule has 0 bridgehead atoms. The van der Waals surface area contributed by atoms with Gasteiger partial charge in [0.05, 0.1) is 12.1 Å². The molecule has 0 heterocycles. The van der Waals surface area contributed by atoms with Crippen molar-refractivity contribution in [2.45, 2.75) is 39.8 Å². The van der Waals surface area contributed by atoms with Crippen LogP contribution in [0, 0.1) is 12.3 Å². The molecule has 2 atom stereocenters. The predicted octanol–water partition coefficient (Wildman–Crippen LogP) is 2.82. The summed E-state index contributed by atoms with van der Waals surface area (Å²) in [6.07, 6.45) is -0.528. The van der Waals surface area contributed by atoms with Crippen LogP contribution in [0.25, 0.3) is 0 Å². The fourth-order valence-corrected chi connectivity index (χ4v) is 1.60. The fraction of sp³-hybridized carbons (Fsp3) is 0.538. The molecule has 0 spiro atoms. The van der Waals surface area contributed by atoms with E-state index in [0.29, 0.717) is 0 Å². The van der Waals surface area contributed by atoms with E-state index >= 15 is 0 Å². The van der Waals surface area contributed by atoms with E-state index in [1.54, 1.807) is 0 Å². The molecular formula is C13H22ClNO. The van der Waals surface area contributed by atoms with Gasteiger partial charge in [-0.25, -0.2) is 0 Å². The molecule has 0 saturated carbocycles. The Morgan fingerprint density at radius 3 is 2.25 bits per heavy atom. The van der Waals surface area contributed by atoms with Crippen LogP contribution in [0.5, 0.6) is 0 Å². The summed E-state index contributed by atoms with van der Waals surface area (Å²) >= 11 is 0. The topological polar surface area (TPSA) is 46.2 Å². The molecular weight excluding hydrogens is 222 g/mol. The summed E-state index contributed by atoms with van der Waals surface area (Å²) in [5.41, 5.74) is 8.02. The molecule has 16 heavy (non-hydrogen) atoms. The lowest BCUT2D eigenvalue weighted by Gasteiger charge is -2.31. The maximum Gasteiger partial charge on any atom is 0.0780 e. The third kappa shape index (κ3) is 3.78. The lowest BCUT2D eigenvalue weighted by atomic mass is 9.82. The van der Waals surface area contributed by atoms with Crippen molar-refractivity contribution in [3.8, 4) is 0 Å². The first-order valence-electron chi connectivity index (χ1n) is 5.32. The van der Waals surface area contributed by atoms with Crippen molar-refractivity contribution in [3.63, 3.8) is 0 Å². The second-order valence-electron chi connectivity index (χ2n) is 5.25. The summed E-state index contributed by atoms with van der Waals surface area (Å²) in [7, 11) is 0. The minimum atomic E-state index is -0.528. The zero-order chi connectivity index (χ0) is 11.6. The summed E-state index contributed by atoms with van der Waals surface area (Å²) in [5.74, 6) is 0. The molecule has 0 aliphatic heterocycles. The first-order valence-corrected chi connectivity index (χ1v) is 5.32. The highest BCUT2D eigenvalue weighted by molar-refractivity contribution is 5.85. The van der Waals surface area contributed by atoms with Gasteiger partial charge in [0.15, 0.2) is 0 Å². The number of rotatable bonds is 2. The van der Waals surface area contributed by atoms with Gasteiger partial charge in [-0.05, 0) is 17.9 Å². The van der Waals surface area contributed by atoms with Crippen LogP contribution in [-0.4, -0.2) is 11.2 Å². The van der Waals surface area contributed by atoms with Crippen molar-refractivity contribution in [2.75, 3.05) is 0 Å². The van der Waals surface area contributed by atoms with Crippen molar-refractivity contribution in [1.82, 2.24) is 0 Å². The molecule has 3 N–H and O–H groups in total. The van der Waals surface area contributed by atoms with E-state index in [-0.39, 0.29) is 23.9 Å². The maximum absolute atomic E-state index is 10.1. The van der Waals surface area contributed by atoms with Crippen molar-refractivity contribution in [1.29, 1.82) is 0 Å². The first-order chi connectivity index (χ1) is 6.82. The molecule has 0 radical (unpaired) electrons. The lowest BCUT2D eigenvalue weighted by Crippen LogP contribution is -2.36. The van der Waals surface area contributed by atoms with E-state index < -0.39 is 6.10 Å². The van der Waals surface area contributed by atoms with E-state index in [1.165, 1.54) is 5.56 Å². The quantitative estimate of drug-likeness (QED) is 0.839. The smallest absolute Gasteiger partial charge is 0.0780 e. The summed E-state index contributed by atoms with van der Waals surface area (Å²) in [4.78, 5) is 0. The standard InChI is InChI=1S/C13H21NO.ClH/c1-9-6-5-7-10(8-9)11(14)12(15)13(2,3)4;/h5-8,11-12,15H,14H2,1-4H3;1H/t11-,12-;/m1./s1. The summed E-state index contributed by atoms with van der Waals surface area (Å²) in [6, 6.07) is 7.68. The SMILES string of the molecule is Cc1cccc([C@@H](N)[C@@H](O)C(C)(C)C)c1.Cl. The summed E-state index contributed by atoms with van der Waals surface area (Å²) < 4.78 is 0. The number of hydrogen-bond donors (Lipinski definition) is 2. The molecule has 1 rings (SSSR count). The highest BCUT2D eigenvalue weighted by Gasteiger charge is 2.28. The molecule has 92 valence electrons. The molecule has 0 aromatic heterocycles. The third-order valence-electron chi connectivity index (χ3n) is 2.65. The second kappa shape index (κ2) is 5.67. The van der Waals surface area contributed by atoms with Gasteiger partial charge in [0.1, 0.15) is 0 Å². The van der Waals surface area contributed by atoms with Crippen molar-refractivity contribution in [2.24, 2.45) is 11.1 Å². The van der Waals surface area contributed by atoms with Gasteiger partial charge in [0.2, 0.25) is 0 Å². The number of nitrogens with two attached hydrogens (primary N) is 1. The zero-order valence-corrected chi connectivity index (χ0v) is 11.2. The summed E-state index contributed by atoms with van der Waals surface area (Å²) in [6.45, 7) is 8.01. The Morgan fingerprint density at radius 1 is 1.25 bits per heavy atom. The number of aryl methyl sites for hydroxylation is 1. The predicted molar refractivity (Wildman–Crippen MR) is 70.8 cm³/mol. The Labute approximate surface area is 104 Å². The van der Waals surface area contributed by atoms with Gasteiger partial charge in [0.25, 0.3) is 0 Å². The van der Waals surface area contributed by atoms with Crippen LogP contribution in [0.2, 0.25) is 0 Å². The molecule has 0 aliphatic carbocycles. The third-order valence-corrected chi connectivity index (χ3v) is 2.65. The van der Waals surface area contributed by atoms with Crippen LogP contribution >= 0.6 is 12.4 Å². The van der Waals surface area contributed by atoms with Gasteiger partial charge in [-0.1, -0.05) is 50.6 Å². The molecule has 0 fully saturated rings. The number of aliphatic hydroxyl groups excluding tert-OH is 1. The minimum Gasteiger partial charge on any atom is -0.391 e. The Kier molecular flexibility index (Phi) is 5.47. The van der Waals surface area contributed by atoms with Gasteiger partial charge >= 0.3 is 0 Å². The molecule has 0 amide bonds. The molecule has 3 heteroatoms. The van der Waals surface area contributed by atoms with Crippen molar-refractivity contribution in [3.05, 3.63) is 35.4 Å². The van der Waals surface area contributed by atoms with E-state index in [9.17, 15) is 5.11 Å². The average Bonchev–Trinajstić information content (AvgIpc) is 2.14. The van der Waals surface area contributed by atoms with E-state index in [1.807, 2.05) is 52.0 Å². The van der Waals surface area contributed by atoms with Crippen LogP contribution in [0.1, 0.15) is 37.9 Å². The Bertz CT molecular complexity index is 333. The molecule has 0 aliphatic rings. The van der Waals surface area contributed by atoms with Crippen LogP contribution in [0.3, 0.4) is 0 Å². The zero-order valence-electron chi connectivity index (χ0n) is 10.4. The molecule has 2 nitrogen and oxygen atoms in total. The molecule has 0 unspecified atom stereocenters. The van der Waals surface area contributed by atoms with E-state index in [0.717, 1.165) is 5.56 Å². The van der Waals surface area contributed by atoms with E-state index in [4.69, 9.17) is 5.73 Å². The largest absolute Gasteiger partial charge is 0.391 e. The van der Waals surface area contributed by atoms with Crippen LogP contribution in [0.15, 0.2) is 24.3 Å². The minimum absolute atomic E-state index is 0. The number of benzene rings is 1. The Morgan fingerprint density at radius 2 is 1.81 bits per heavy atom. The van der Waals surface area contributed by atoms with Crippen LogP contribution < -0.4 is 5.73 Å². The number of halogens is 1.